The van der Waals surface area contributed by atoms with Crippen molar-refractivity contribution in [3.05, 3.63) is 41.4 Å². The average molecular weight is 387 g/mol. The summed E-state index contributed by atoms with van der Waals surface area (Å²) in [7, 11) is 0. The fourth-order valence-electron chi connectivity index (χ4n) is 3.30. The van der Waals surface area contributed by atoms with Gasteiger partial charge in [0.25, 0.3) is 0 Å². The summed E-state index contributed by atoms with van der Waals surface area (Å²) in [5, 5.41) is 5.47. The molecule has 0 unspecified atom stereocenters. The third kappa shape index (κ3) is 5.07. The molecule has 1 aliphatic rings. The molecule has 0 bridgehead atoms. The molecule has 0 spiro atoms. The molecular formula is C20H26N4O2S. The third-order valence-corrected chi connectivity index (χ3v) is 5.77. The smallest absolute Gasteiger partial charge is 0.242 e. The van der Waals surface area contributed by atoms with E-state index in [4.69, 9.17) is 0 Å². The van der Waals surface area contributed by atoms with Gasteiger partial charge < -0.3 is 15.1 Å². The Morgan fingerprint density at radius 1 is 1.26 bits per heavy atom. The lowest BCUT2D eigenvalue weighted by molar-refractivity contribution is -0.133. The Hall–Kier alpha value is -2.41. The van der Waals surface area contributed by atoms with Crippen LogP contribution in [-0.2, 0) is 9.59 Å². The molecule has 1 saturated heterocycles. The van der Waals surface area contributed by atoms with E-state index in [0.29, 0.717) is 37.6 Å². The normalized spacial score (nSPS) is 14.8. The van der Waals surface area contributed by atoms with E-state index in [1.807, 2.05) is 47.5 Å². The second kappa shape index (κ2) is 8.99. The van der Waals surface area contributed by atoms with Gasteiger partial charge in [-0.25, -0.2) is 4.98 Å². The molecule has 7 heteroatoms. The summed E-state index contributed by atoms with van der Waals surface area (Å²) in [5.74, 6) is 0.0701. The Labute approximate surface area is 164 Å². The molecule has 144 valence electrons. The highest BCUT2D eigenvalue weighted by Crippen LogP contribution is 2.22. The summed E-state index contributed by atoms with van der Waals surface area (Å²) < 4.78 is 0. The van der Waals surface area contributed by atoms with Crippen LogP contribution in [0.25, 0.3) is 0 Å². The van der Waals surface area contributed by atoms with Crippen LogP contribution in [0.5, 0.6) is 0 Å². The Balaban J connectivity index is 1.49. The zero-order valence-electron chi connectivity index (χ0n) is 15.9. The molecule has 1 aromatic heterocycles. The zero-order chi connectivity index (χ0) is 19.2. The van der Waals surface area contributed by atoms with Gasteiger partial charge in [0.1, 0.15) is 0 Å². The quantitative estimate of drug-likeness (QED) is 0.828. The number of anilines is 2. The molecule has 27 heavy (non-hydrogen) atoms. The highest BCUT2D eigenvalue weighted by Gasteiger charge is 2.28. The van der Waals surface area contributed by atoms with Crippen LogP contribution in [0.3, 0.4) is 0 Å². The minimum absolute atomic E-state index is 0.0101. The van der Waals surface area contributed by atoms with Crippen molar-refractivity contribution in [1.82, 2.24) is 9.88 Å². The first-order chi connectivity index (χ1) is 13.1. The van der Waals surface area contributed by atoms with Gasteiger partial charge in [0.05, 0.1) is 12.2 Å². The number of likely N-dealkylation sites (N-methyl/N-ethyl adjacent to an activating group) is 1. The number of hydrogen-bond acceptors (Lipinski definition) is 5. The lowest BCUT2D eigenvalue weighted by Gasteiger charge is -2.33. The number of para-hydroxylation sites is 1. The topological polar surface area (TPSA) is 65.5 Å². The van der Waals surface area contributed by atoms with Gasteiger partial charge in [-0.3, -0.25) is 9.59 Å². The van der Waals surface area contributed by atoms with Crippen molar-refractivity contribution in [3.8, 4) is 0 Å². The van der Waals surface area contributed by atoms with Gasteiger partial charge in [0.2, 0.25) is 11.8 Å². The van der Waals surface area contributed by atoms with E-state index in [2.05, 4.69) is 22.1 Å². The van der Waals surface area contributed by atoms with Crippen LogP contribution < -0.4 is 10.2 Å². The predicted molar refractivity (Wildman–Crippen MR) is 109 cm³/mol. The second-order valence-corrected chi connectivity index (χ2v) is 7.65. The van der Waals surface area contributed by atoms with Gasteiger partial charge in [-0.05, 0) is 38.8 Å². The summed E-state index contributed by atoms with van der Waals surface area (Å²) in [6.07, 6.45) is 1.39. The van der Waals surface area contributed by atoms with E-state index >= 15 is 0 Å². The van der Waals surface area contributed by atoms with Crippen molar-refractivity contribution in [2.24, 2.45) is 5.92 Å². The van der Waals surface area contributed by atoms with Crippen LogP contribution in [-0.4, -0.2) is 47.9 Å². The Bertz CT molecular complexity index is 769. The van der Waals surface area contributed by atoms with E-state index in [-0.39, 0.29) is 17.7 Å². The number of carbonyl (C=O) groups excluding carboxylic acids is 2. The third-order valence-electron chi connectivity index (χ3n) is 4.90. The zero-order valence-corrected chi connectivity index (χ0v) is 16.7. The number of piperidine rings is 1. The molecule has 2 amide bonds. The summed E-state index contributed by atoms with van der Waals surface area (Å²) in [4.78, 5) is 33.3. The van der Waals surface area contributed by atoms with Crippen LogP contribution in [0.1, 0.15) is 25.5 Å². The molecule has 6 nitrogen and oxygen atoms in total. The number of aryl methyl sites for hydroxylation is 1. The van der Waals surface area contributed by atoms with Crippen LogP contribution in [0.4, 0.5) is 10.8 Å². The Morgan fingerprint density at radius 3 is 2.56 bits per heavy atom. The number of nitrogens with zero attached hydrogens (tertiary/aromatic N) is 3. The minimum Gasteiger partial charge on any atom is -0.362 e. The van der Waals surface area contributed by atoms with Gasteiger partial charge in [0, 0.05) is 36.6 Å². The van der Waals surface area contributed by atoms with Crippen LogP contribution in [0.2, 0.25) is 0 Å². The molecule has 1 aliphatic heterocycles. The molecule has 3 rings (SSSR count). The molecule has 1 N–H and O–H groups in total. The molecule has 0 aliphatic carbocycles. The lowest BCUT2D eigenvalue weighted by Crippen LogP contribution is -2.45. The summed E-state index contributed by atoms with van der Waals surface area (Å²) in [5.41, 5.74) is 1.97. The summed E-state index contributed by atoms with van der Waals surface area (Å²) >= 11 is 1.44. The van der Waals surface area contributed by atoms with Crippen molar-refractivity contribution in [2.75, 3.05) is 36.4 Å². The number of aromatic nitrogens is 1. The molecule has 0 radical (unpaired) electrons. The highest BCUT2D eigenvalue weighted by molar-refractivity contribution is 7.13. The minimum atomic E-state index is -0.0605. The van der Waals surface area contributed by atoms with Gasteiger partial charge in [-0.2, -0.15) is 0 Å². The number of amides is 2. The second-order valence-electron chi connectivity index (χ2n) is 6.79. The summed E-state index contributed by atoms with van der Waals surface area (Å²) in [6, 6.07) is 9.98. The molecule has 1 fully saturated rings. The fraction of sp³-hybridized carbons (Fsp3) is 0.450. The molecule has 0 saturated carbocycles. The van der Waals surface area contributed by atoms with Crippen molar-refractivity contribution in [1.29, 1.82) is 0 Å². The first kappa shape index (κ1) is 19.4. The SMILES string of the molecule is CCN(CC(=O)N1CCC(C(=O)Nc2nc(C)cs2)CC1)c1ccccc1. The van der Waals surface area contributed by atoms with Gasteiger partial charge >= 0.3 is 0 Å². The van der Waals surface area contributed by atoms with E-state index in [9.17, 15) is 9.59 Å². The maximum Gasteiger partial charge on any atom is 0.242 e. The largest absolute Gasteiger partial charge is 0.362 e. The fourth-order valence-corrected chi connectivity index (χ4v) is 3.99. The first-order valence-electron chi connectivity index (χ1n) is 9.37. The molecule has 2 aromatic rings. The number of likely N-dealkylation sites (tertiary alicyclic amines) is 1. The number of thiazole rings is 1. The van der Waals surface area contributed by atoms with Gasteiger partial charge in [-0.1, -0.05) is 18.2 Å². The molecule has 1 aromatic carbocycles. The molecular weight excluding hydrogens is 360 g/mol. The molecule has 0 atom stereocenters. The number of hydrogen-bond donors (Lipinski definition) is 1. The number of rotatable bonds is 6. The van der Waals surface area contributed by atoms with E-state index in [1.165, 1.54) is 11.3 Å². The Kier molecular flexibility index (Phi) is 6.45. The van der Waals surface area contributed by atoms with E-state index < -0.39 is 0 Å². The Morgan fingerprint density at radius 2 is 1.96 bits per heavy atom. The first-order valence-corrected chi connectivity index (χ1v) is 10.3. The van der Waals surface area contributed by atoms with E-state index in [0.717, 1.165) is 17.9 Å². The van der Waals surface area contributed by atoms with Crippen molar-refractivity contribution < 1.29 is 9.59 Å². The monoisotopic (exact) mass is 386 g/mol. The number of benzene rings is 1. The average Bonchev–Trinajstić information content (AvgIpc) is 3.11. The maximum atomic E-state index is 12.7. The summed E-state index contributed by atoms with van der Waals surface area (Å²) in [6.45, 7) is 6.36. The van der Waals surface area contributed by atoms with Crippen LogP contribution in [0, 0.1) is 12.8 Å². The van der Waals surface area contributed by atoms with Crippen molar-refractivity contribution in [2.45, 2.75) is 26.7 Å². The predicted octanol–water partition coefficient (Wildman–Crippen LogP) is 3.16. The van der Waals surface area contributed by atoms with Crippen molar-refractivity contribution in [3.63, 3.8) is 0 Å². The standard InChI is InChI=1S/C20H26N4O2S/c1-3-23(17-7-5-4-6-8-17)13-18(25)24-11-9-16(10-12-24)19(26)22-20-21-15(2)14-27-20/h4-8,14,16H,3,9-13H2,1-2H3,(H,21,22,26). The van der Waals surface area contributed by atoms with Gasteiger partial charge in [-0.15, -0.1) is 11.3 Å². The lowest BCUT2D eigenvalue weighted by atomic mass is 9.96. The van der Waals surface area contributed by atoms with Gasteiger partial charge in [0.15, 0.2) is 5.13 Å². The van der Waals surface area contributed by atoms with E-state index in [1.54, 1.807) is 0 Å². The number of nitrogens with one attached hydrogen (secondary N) is 1. The molecule has 2 heterocycles. The maximum absolute atomic E-state index is 12.7. The highest BCUT2D eigenvalue weighted by atomic mass is 32.1. The van der Waals surface area contributed by atoms with Crippen molar-refractivity contribution >= 4 is 34.0 Å². The van der Waals surface area contributed by atoms with Crippen LogP contribution >= 0.6 is 11.3 Å². The van der Waals surface area contributed by atoms with Crippen LogP contribution in [0.15, 0.2) is 35.7 Å². The number of carbonyl (C=O) groups is 2.